The van der Waals surface area contributed by atoms with E-state index in [9.17, 15) is 19.2 Å². The first-order chi connectivity index (χ1) is 17.4. The topological polar surface area (TPSA) is 83.6 Å². The van der Waals surface area contributed by atoms with Crippen LogP contribution < -0.4 is 5.32 Å². The second-order valence-electron chi connectivity index (χ2n) is 9.99. The summed E-state index contributed by atoms with van der Waals surface area (Å²) in [7, 11) is 0. The Morgan fingerprint density at radius 1 is 0.917 bits per heavy atom. The van der Waals surface area contributed by atoms with Crippen LogP contribution in [0.3, 0.4) is 0 Å². The molecule has 2 fully saturated rings. The summed E-state index contributed by atoms with van der Waals surface area (Å²) < 4.78 is 0. The van der Waals surface area contributed by atoms with Gasteiger partial charge in [0.2, 0.25) is 5.91 Å². The van der Waals surface area contributed by atoms with Crippen molar-refractivity contribution in [1.82, 2.24) is 4.90 Å². The Morgan fingerprint density at radius 3 is 2.25 bits per heavy atom. The van der Waals surface area contributed by atoms with Gasteiger partial charge in [0.25, 0.3) is 0 Å². The van der Waals surface area contributed by atoms with Crippen LogP contribution in [-0.4, -0.2) is 51.4 Å². The highest BCUT2D eigenvalue weighted by molar-refractivity contribution is 7.99. The van der Waals surface area contributed by atoms with Crippen molar-refractivity contribution in [3.8, 4) is 0 Å². The lowest BCUT2D eigenvalue weighted by atomic mass is 9.60. The maximum absolute atomic E-state index is 14.6. The van der Waals surface area contributed by atoms with E-state index in [1.807, 2.05) is 48.2 Å². The van der Waals surface area contributed by atoms with Crippen LogP contribution in [0.25, 0.3) is 0 Å². The molecular formula is C29H22N2O4S. The highest BCUT2D eigenvalue weighted by Gasteiger charge is 2.80. The minimum Gasteiger partial charge on any atom is -0.325 e. The zero-order chi connectivity index (χ0) is 24.8. The van der Waals surface area contributed by atoms with Gasteiger partial charge in [-0.1, -0.05) is 72.3 Å². The molecule has 7 heteroatoms. The van der Waals surface area contributed by atoms with Crippen LogP contribution in [0.15, 0.2) is 72.8 Å². The van der Waals surface area contributed by atoms with E-state index in [4.69, 9.17) is 0 Å². The van der Waals surface area contributed by atoms with Gasteiger partial charge in [-0.15, -0.1) is 11.8 Å². The number of amides is 1. The van der Waals surface area contributed by atoms with Crippen molar-refractivity contribution in [3.63, 3.8) is 0 Å². The summed E-state index contributed by atoms with van der Waals surface area (Å²) in [5, 5.41) is 3.00. The predicted molar refractivity (Wildman–Crippen MR) is 137 cm³/mol. The van der Waals surface area contributed by atoms with Gasteiger partial charge in [-0.3, -0.25) is 24.1 Å². The largest absolute Gasteiger partial charge is 0.325 e. The molecule has 3 aromatic rings. The first-order valence-corrected chi connectivity index (χ1v) is 13.1. The highest BCUT2D eigenvalue weighted by atomic mass is 32.2. The lowest BCUT2D eigenvalue weighted by Crippen LogP contribution is -2.60. The number of hydrogen-bond acceptors (Lipinski definition) is 6. The average molecular weight is 495 g/mol. The van der Waals surface area contributed by atoms with E-state index in [0.717, 1.165) is 5.56 Å². The Morgan fingerprint density at radius 2 is 1.56 bits per heavy atom. The monoisotopic (exact) mass is 494 g/mol. The smallest absolute Gasteiger partial charge is 0.237 e. The minimum absolute atomic E-state index is 0.319. The molecule has 3 heterocycles. The van der Waals surface area contributed by atoms with Gasteiger partial charge in [0, 0.05) is 40.0 Å². The molecule has 1 aliphatic carbocycles. The molecule has 2 saturated heterocycles. The quantitative estimate of drug-likeness (QED) is 0.430. The summed E-state index contributed by atoms with van der Waals surface area (Å²) in [5.41, 5.74) is 0.215. The third-order valence-electron chi connectivity index (χ3n) is 8.44. The Hall–Kier alpha value is -3.55. The molecule has 4 aliphatic rings. The third-order valence-corrected chi connectivity index (χ3v) is 9.45. The van der Waals surface area contributed by atoms with E-state index in [1.165, 1.54) is 0 Å². The highest BCUT2D eigenvalue weighted by Crippen LogP contribution is 2.63. The number of anilines is 1. The van der Waals surface area contributed by atoms with Gasteiger partial charge >= 0.3 is 0 Å². The van der Waals surface area contributed by atoms with E-state index >= 15 is 0 Å². The SMILES string of the molecule is Cc1ccc(C(=O)[C@H]2C3(C(=O)c4ccccc4C3=O)N3CSC[C@@H]3[C@@]23C(=O)Nc2ccccc23)cc1. The Bertz CT molecular complexity index is 1480. The maximum atomic E-state index is 14.6. The average Bonchev–Trinajstić information content (AvgIpc) is 3.60. The van der Waals surface area contributed by atoms with Crippen molar-refractivity contribution >= 4 is 40.7 Å². The van der Waals surface area contributed by atoms with Crippen LogP contribution >= 0.6 is 11.8 Å². The predicted octanol–water partition coefficient (Wildman–Crippen LogP) is 3.89. The number of carbonyl (C=O) groups is 4. The standard InChI is InChI=1S/C29H22N2O4S/c1-16-10-12-17(13-11-16)23(32)24-28(20-8-4-5-9-21(20)30-27(28)35)22-14-36-15-31(22)29(24)25(33)18-6-2-3-7-19(18)26(29)34/h2-13,22,24H,14-15H2,1H3,(H,30,35)/t22-,24-,28-/m1/s1. The lowest BCUT2D eigenvalue weighted by molar-refractivity contribution is -0.122. The van der Waals surface area contributed by atoms with Gasteiger partial charge in [0.05, 0.1) is 5.92 Å². The number of Topliss-reactive ketones (excluding diaryl/α,β-unsaturated/α-hetero) is 3. The zero-order valence-electron chi connectivity index (χ0n) is 19.5. The summed E-state index contributed by atoms with van der Waals surface area (Å²) in [5.74, 6) is -1.70. The third kappa shape index (κ3) is 2.33. The molecule has 0 saturated carbocycles. The summed E-state index contributed by atoms with van der Waals surface area (Å²) in [4.78, 5) is 59.3. The Balaban J connectivity index is 1.57. The van der Waals surface area contributed by atoms with Crippen LogP contribution in [-0.2, 0) is 10.2 Å². The first kappa shape index (κ1) is 21.7. The lowest BCUT2D eigenvalue weighted by Gasteiger charge is -2.37. The number of aryl methyl sites for hydroxylation is 1. The second kappa shape index (κ2) is 7.24. The molecule has 1 N–H and O–H groups in total. The van der Waals surface area contributed by atoms with Crippen LogP contribution in [0.5, 0.6) is 0 Å². The fourth-order valence-corrected chi connectivity index (χ4v) is 8.32. The van der Waals surface area contributed by atoms with Crippen LogP contribution in [0, 0.1) is 12.8 Å². The van der Waals surface area contributed by atoms with Crippen LogP contribution in [0.1, 0.15) is 42.2 Å². The van der Waals surface area contributed by atoms with Crippen molar-refractivity contribution in [1.29, 1.82) is 0 Å². The zero-order valence-corrected chi connectivity index (χ0v) is 20.3. The van der Waals surface area contributed by atoms with Gasteiger partial charge in [-0.05, 0) is 18.6 Å². The van der Waals surface area contributed by atoms with Gasteiger partial charge in [0.15, 0.2) is 22.9 Å². The van der Waals surface area contributed by atoms with Crippen molar-refractivity contribution in [2.24, 2.45) is 5.92 Å². The van der Waals surface area contributed by atoms with Crippen molar-refractivity contribution in [2.75, 3.05) is 16.9 Å². The molecule has 0 unspecified atom stereocenters. The molecule has 0 radical (unpaired) electrons. The number of para-hydroxylation sites is 1. The molecule has 3 aromatic carbocycles. The van der Waals surface area contributed by atoms with E-state index < -0.39 is 22.9 Å². The minimum atomic E-state index is -1.77. The number of nitrogens with zero attached hydrogens (tertiary/aromatic N) is 1. The van der Waals surface area contributed by atoms with Crippen molar-refractivity contribution in [3.05, 3.63) is 101 Å². The summed E-state index contributed by atoms with van der Waals surface area (Å²) in [6, 6.07) is 20.8. The number of nitrogens with one attached hydrogen (secondary N) is 1. The van der Waals surface area contributed by atoms with E-state index in [0.29, 0.717) is 39.6 Å². The number of carbonyl (C=O) groups excluding carboxylic acids is 4. The fraction of sp³-hybridized carbons (Fsp3) is 0.241. The second-order valence-corrected chi connectivity index (χ2v) is 11.0. The number of fused-ring (bicyclic) bond motifs is 6. The number of benzene rings is 3. The summed E-state index contributed by atoms with van der Waals surface area (Å²) in [6.45, 7) is 1.93. The summed E-state index contributed by atoms with van der Waals surface area (Å²) >= 11 is 1.59. The molecule has 7 rings (SSSR count). The number of hydrogen-bond donors (Lipinski definition) is 1. The normalized spacial score (nSPS) is 27.4. The van der Waals surface area contributed by atoms with E-state index in [1.54, 1.807) is 48.2 Å². The van der Waals surface area contributed by atoms with Crippen molar-refractivity contribution in [2.45, 2.75) is 23.9 Å². The van der Waals surface area contributed by atoms with Gasteiger partial charge in [0.1, 0.15) is 5.41 Å². The molecular weight excluding hydrogens is 472 g/mol. The van der Waals surface area contributed by atoms with E-state index in [-0.39, 0.29) is 23.3 Å². The first-order valence-electron chi connectivity index (χ1n) is 12.0. The van der Waals surface area contributed by atoms with Crippen molar-refractivity contribution < 1.29 is 19.2 Å². The van der Waals surface area contributed by atoms with E-state index in [2.05, 4.69) is 5.32 Å². The molecule has 6 nitrogen and oxygen atoms in total. The van der Waals surface area contributed by atoms with Gasteiger partial charge in [-0.25, -0.2) is 0 Å². The number of thioether (sulfide) groups is 1. The molecule has 178 valence electrons. The Kier molecular flexibility index (Phi) is 4.37. The molecule has 2 spiro atoms. The number of rotatable bonds is 2. The molecule has 3 atom stereocenters. The molecule has 0 aromatic heterocycles. The van der Waals surface area contributed by atoms with Crippen LogP contribution in [0.2, 0.25) is 0 Å². The summed E-state index contributed by atoms with van der Waals surface area (Å²) in [6.07, 6.45) is 0. The molecule has 0 bridgehead atoms. The number of ketones is 3. The molecule has 36 heavy (non-hydrogen) atoms. The molecule has 1 amide bonds. The van der Waals surface area contributed by atoms with Gasteiger partial charge in [-0.2, -0.15) is 0 Å². The van der Waals surface area contributed by atoms with Crippen LogP contribution in [0.4, 0.5) is 5.69 Å². The Labute approximate surface area is 212 Å². The van der Waals surface area contributed by atoms with Gasteiger partial charge < -0.3 is 5.32 Å². The maximum Gasteiger partial charge on any atom is 0.237 e. The molecule has 3 aliphatic heterocycles. The fourth-order valence-electron chi connectivity index (χ4n) is 6.97.